The fourth-order valence-corrected chi connectivity index (χ4v) is 1.26. The van der Waals surface area contributed by atoms with Gasteiger partial charge in [0.1, 0.15) is 6.21 Å². The van der Waals surface area contributed by atoms with E-state index in [4.69, 9.17) is 4.84 Å². The van der Waals surface area contributed by atoms with Gasteiger partial charge in [-0.05, 0) is 0 Å². The van der Waals surface area contributed by atoms with E-state index < -0.39 is 18.0 Å². The van der Waals surface area contributed by atoms with Gasteiger partial charge in [-0.3, -0.25) is 9.59 Å². The topological polar surface area (TPSA) is 68.2 Å². The first-order valence-electron chi connectivity index (χ1n) is 4.45. The summed E-state index contributed by atoms with van der Waals surface area (Å²) in [6.07, 6.45) is 2.26. The Morgan fingerprint density at radius 3 is 2.67 bits per heavy atom. The van der Waals surface area contributed by atoms with Gasteiger partial charge in [-0.15, -0.1) is 0 Å². The summed E-state index contributed by atoms with van der Waals surface area (Å²) in [7, 11) is 4.37. The van der Waals surface area contributed by atoms with Crippen molar-refractivity contribution >= 4 is 18.1 Å². The van der Waals surface area contributed by atoms with Crippen molar-refractivity contribution in [1.29, 1.82) is 0 Å². The van der Waals surface area contributed by atoms with E-state index in [0.29, 0.717) is 6.42 Å². The Balaban J connectivity index is 2.77. The summed E-state index contributed by atoms with van der Waals surface area (Å²) in [6, 6.07) is 0. The minimum atomic E-state index is -0.969. The van der Waals surface area contributed by atoms with Gasteiger partial charge in [0.2, 0.25) is 5.91 Å². The standard InChI is InChI=1S/C9H13N2O4/c1-11(2)8(12)7(9(13)14-3)6-4-5-10-15-6/h6-7H,4H2,1-3H3. The molecule has 1 heterocycles. The summed E-state index contributed by atoms with van der Waals surface area (Å²) in [5.41, 5.74) is 0. The average Bonchev–Trinajstić information content (AvgIpc) is 2.70. The molecule has 15 heavy (non-hydrogen) atoms. The van der Waals surface area contributed by atoms with Crippen molar-refractivity contribution in [3.8, 4) is 0 Å². The highest BCUT2D eigenvalue weighted by atomic mass is 16.6. The zero-order chi connectivity index (χ0) is 11.4. The van der Waals surface area contributed by atoms with E-state index in [2.05, 4.69) is 16.1 Å². The monoisotopic (exact) mass is 213 g/mol. The number of rotatable bonds is 3. The van der Waals surface area contributed by atoms with Crippen molar-refractivity contribution in [3.05, 3.63) is 0 Å². The molecule has 1 radical (unpaired) electrons. The minimum absolute atomic E-state index is 0.319. The number of carbonyl (C=O) groups excluding carboxylic acids is 2. The second kappa shape index (κ2) is 4.77. The smallest absolute Gasteiger partial charge is 0.322 e. The molecular weight excluding hydrogens is 200 g/mol. The average molecular weight is 213 g/mol. The zero-order valence-electron chi connectivity index (χ0n) is 8.89. The third-order valence-corrected chi connectivity index (χ3v) is 2.08. The lowest BCUT2D eigenvalue weighted by Gasteiger charge is -2.21. The van der Waals surface area contributed by atoms with E-state index in [1.807, 2.05) is 0 Å². The number of hydrogen-bond donors (Lipinski definition) is 0. The lowest BCUT2D eigenvalue weighted by atomic mass is 9.99. The van der Waals surface area contributed by atoms with Crippen LogP contribution in [0.1, 0.15) is 6.42 Å². The van der Waals surface area contributed by atoms with Crippen LogP contribution in [0.3, 0.4) is 0 Å². The maximum Gasteiger partial charge on any atom is 0.322 e. The molecule has 0 aromatic carbocycles. The largest absolute Gasteiger partial charge is 0.468 e. The molecule has 1 aliphatic rings. The lowest BCUT2D eigenvalue weighted by Crippen LogP contribution is -2.42. The highest BCUT2D eigenvalue weighted by Crippen LogP contribution is 2.19. The van der Waals surface area contributed by atoms with E-state index >= 15 is 0 Å². The molecule has 1 aliphatic heterocycles. The van der Waals surface area contributed by atoms with Gasteiger partial charge in [0.25, 0.3) is 0 Å². The number of esters is 1. The maximum atomic E-state index is 11.7. The third kappa shape index (κ3) is 2.45. The molecule has 0 spiro atoms. The number of amides is 1. The number of carbonyl (C=O) groups is 2. The molecule has 6 nitrogen and oxygen atoms in total. The molecule has 83 valence electrons. The zero-order valence-corrected chi connectivity index (χ0v) is 8.89. The normalized spacial score (nSPS) is 20.6. The van der Waals surface area contributed by atoms with Gasteiger partial charge < -0.3 is 14.5 Å². The molecular formula is C9H13N2O4. The first kappa shape index (κ1) is 11.5. The summed E-state index contributed by atoms with van der Waals surface area (Å²) in [4.78, 5) is 29.3. The van der Waals surface area contributed by atoms with Gasteiger partial charge >= 0.3 is 5.97 Å². The van der Waals surface area contributed by atoms with Gasteiger partial charge in [-0.2, -0.15) is 0 Å². The molecule has 0 bridgehead atoms. The van der Waals surface area contributed by atoms with E-state index in [1.54, 1.807) is 14.1 Å². The number of methoxy groups -OCH3 is 1. The lowest BCUT2D eigenvalue weighted by molar-refractivity contribution is -0.159. The molecule has 0 saturated heterocycles. The molecule has 0 aromatic rings. The van der Waals surface area contributed by atoms with Gasteiger partial charge in [0.05, 0.1) is 7.11 Å². The fourth-order valence-electron chi connectivity index (χ4n) is 1.26. The molecule has 0 N–H and O–H groups in total. The van der Waals surface area contributed by atoms with Crippen LogP contribution in [0.15, 0.2) is 5.16 Å². The van der Waals surface area contributed by atoms with Crippen molar-refractivity contribution in [1.82, 2.24) is 4.90 Å². The Kier molecular flexibility index (Phi) is 3.65. The van der Waals surface area contributed by atoms with Gasteiger partial charge in [-0.25, -0.2) is 0 Å². The summed E-state index contributed by atoms with van der Waals surface area (Å²) in [5, 5.41) is 3.42. The first-order valence-corrected chi connectivity index (χ1v) is 4.45. The van der Waals surface area contributed by atoms with Crippen molar-refractivity contribution in [3.63, 3.8) is 0 Å². The maximum absolute atomic E-state index is 11.7. The van der Waals surface area contributed by atoms with Crippen LogP contribution in [0.2, 0.25) is 0 Å². The van der Waals surface area contributed by atoms with Crippen LogP contribution >= 0.6 is 0 Å². The summed E-state index contributed by atoms with van der Waals surface area (Å²) < 4.78 is 4.56. The molecule has 0 fully saturated rings. The number of hydrogen-bond acceptors (Lipinski definition) is 5. The Bertz CT molecular complexity index is 280. The summed E-state index contributed by atoms with van der Waals surface area (Å²) in [5.74, 6) is -1.94. The van der Waals surface area contributed by atoms with Crippen LogP contribution in [0, 0.1) is 5.92 Å². The number of ether oxygens (including phenoxy) is 1. The molecule has 0 aliphatic carbocycles. The Morgan fingerprint density at radius 1 is 1.60 bits per heavy atom. The van der Waals surface area contributed by atoms with E-state index in [1.165, 1.54) is 12.0 Å². The van der Waals surface area contributed by atoms with Crippen LogP contribution in [0.4, 0.5) is 0 Å². The Hall–Kier alpha value is -1.59. The Morgan fingerprint density at radius 2 is 2.27 bits per heavy atom. The van der Waals surface area contributed by atoms with Crippen LogP contribution in [-0.2, 0) is 19.2 Å². The fraction of sp³-hybridized carbons (Fsp3) is 0.667. The third-order valence-electron chi connectivity index (χ3n) is 2.08. The van der Waals surface area contributed by atoms with Crippen molar-refractivity contribution in [2.75, 3.05) is 21.2 Å². The first-order chi connectivity index (χ1) is 7.07. The molecule has 2 unspecified atom stereocenters. The van der Waals surface area contributed by atoms with E-state index in [0.717, 1.165) is 0 Å². The second-order valence-electron chi connectivity index (χ2n) is 3.33. The summed E-state index contributed by atoms with van der Waals surface area (Å²) in [6.45, 7) is 0. The number of nitrogens with zero attached hydrogens (tertiary/aromatic N) is 2. The van der Waals surface area contributed by atoms with Gasteiger partial charge in [-0.1, -0.05) is 5.16 Å². The highest BCUT2D eigenvalue weighted by molar-refractivity contribution is 5.98. The van der Waals surface area contributed by atoms with Gasteiger partial charge in [0, 0.05) is 20.5 Å². The van der Waals surface area contributed by atoms with Crippen LogP contribution < -0.4 is 0 Å². The van der Waals surface area contributed by atoms with Crippen LogP contribution in [0.25, 0.3) is 0 Å². The van der Waals surface area contributed by atoms with Crippen LogP contribution in [0.5, 0.6) is 0 Å². The Labute approximate surface area is 87.8 Å². The molecule has 1 amide bonds. The highest BCUT2D eigenvalue weighted by Gasteiger charge is 2.39. The minimum Gasteiger partial charge on any atom is -0.468 e. The molecule has 6 heteroatoms. The molecule has 2 atom stereocenters. The van der Waals surface area contributed by atoms with E-state index in [-0.39, 0.29) is 5.91 Å². The van der Waals surface area contributed by atoms with Gasteiger partial charge in [0.15, 0.2) is 12.0 Å². The predicted molar refractivity (Wildman–Crippen MR) is 51.1 cm³/mol. The van der Waals surface area contributed by atoms with Crippen molar-refractivity contribution < 1.29 is 19.2 Å². The second-order valence-corrected chi connectivity index (χ2v) is 3.33. The molecule has 0 saturated carbocycles. The SMILES string of the molecule is COC(=O)C(C(=O)N(C)C)C1C[C]=NO1. The van der Waals surface area contributed by atoms with Crippen molar-refractivity contribution in [2.45, 2.75) is 12.5 Å². The predicted octanol–water partition coefficient (Wildman–Crippen LogP) is -0.485. The van der Waals surface area contributed by atoms with E-state index in [9.17, 15) is 9.59 Å². The van der Waals surface area contributed by atoms with Crippen molar-refractivity contribution in [2.24, 2.45) is 11.1 Å². The van der Waals surface area contributed by atoms with Crippen LogP contribution in [-0.4, -0.2) is 50.3 Å². The molecule has 1 rings (SSSR count). The summed E-state index contributed by atoms with van der Waals surface area (Å²) >= 11 is 0. The molecule has 0 aromatic heterocycles. The quantitative estimate of drug-likeness (QED) is 0.469.